The van der Waals surface area contributed by atoms with Crippen molar-refractivity contribution in [3.63, 3.8) is 0 Å². The van der Waals surface area contributed by atoms with Gasteiger partial charge < -0.3 is 0 Å². The van der Waals surface area contributed by atoms with Crippen LogP contribution in [0, 0.1) is 0 Å². The van der Waals surface area contributed by atoms with E-state index in [-0.39, 0.29) is 0 Å². The van der Waals surface area contributed by atoms with E-state index in [1.165, 1.54) is 0 Å². The van der Waals surface area contributed by atoms with Gasteiger partial charge in [0.2, 0.25) is 0 Å². The molecule has 0 rings (SSSR count). The van der Waals surface area contributed by atoms with Crippen LogP contribution in [0.3, 0.4) is 0 Å². The van der Waals surface area contributed by atoms with Crippen LogP contribution in [0.1, 0.15) is 0 Å². The van der Waals surface area contributed by atoms with Gasteiger partial charge >= 0.3 is 55.1 Å². The van der Waals surface area contributed by atoms with E-state index in [1.54, 1.807) is 0 Å². The molecule has 0 aliphatic carbocycles. The van der Waals surface area contributed by atoms with E-state index in [0.29, 0.717) is 0 Å². The summed E-state index contributed by atoms with van der Waals surface area (Å²) in [5, 5.41) is 0. The molecule has 0 saturated carbocycles. The molecule has 1 N–H and O–H groups in total. The summed E-state index contributed by atoms with van der Waals surface area (Å²) < 4.78 is 72.8. The minimum atomic E-state index is -5.92. The fourth-order valence-corrected chi connectivity index (χ4v) is 0.514. The van der Waals surface area contributed by atoms with Gasteiger partial charge in [0.1, 0.15) is 0 Å². The number of rotatable bonds is 1. The van der Waals surface area contributed by atoms with Crippen molar-refractivity contribution in [2.24, 2.45) is 0 Å². The molecule has 0 aromatic rings. The predicted molar refractivity (Wildman–Crippen MR) is 19.7 cm³/mol. The zero-order chi connectivity index (χ0) is 8.58. The van der Waals surface area contributed by atoms with E-state index in [2.05, 4.69) is 0 Å². The molecule has 0 bridgehead atoms. The zero-order valence-electron chi connectivity index (χ0n) is 4.15. The minimum absolute atomic E-state index is 5.09. The third kappa shape index (κ3) is 1.71. The molecule has 0 fully saturated rings. The Balaban J connectivity index is 4.57. The van der Waals surface area contributed by atoms with Gasteiger partial charge in [-0.25, -0.2) is 0 Å². The SMILES string of the molecule is O=[Se](O)C(F)(F)C(F)(F)F. The molecule has 0 spiro atoms. The Morgan fingerprint density at radius 1 is 1.10 bits per heavy atom. The van der Waals surface area contributed by atoms with Gasteiger partial charge in [-0.15, -0.1) is 0 Å². The summed E-state index contributed by atoms with van der Waals surface area (Å²) in [6.45, 7) is 0. The molecule has 0 radical (unpaired) electrons. The number of hydrogen-bond donors (Lipinski definition) is 1. The summed E-state index contributed by atoms with van der Waals surface area (Å²) in [5.74, 6) is 0. The molecule has 0 amide bonds. The monoisotopic (exact) mass is 232 g/mol. The molecule has 8 heteroatoms. The van der Waals surface area contributed by atoms with Crippen LogP contribution < -0.4 is 0 Å². The Labute approximate surface area is 56.0 Å². The average molecular weight is 231 g/mol. The van der Waals surface area contributed by atoms with Crippen LogP contribution in [0.4, 0.5) is 22.0 Å². The molecule has 2 nitrogen and oxygen atoms in total. The Morgan fingerprint density at radius 3 is 1.40 bits per heavy atom. The zero-order valence-corrected chi connectivity index (χ0v) is 5.87. The first-order valence-corrected chi connectivity index (χ1v) is 4.07. The maximum atomic E-state index is 11.4. The molecule has 1 unspecified atom stereocenters. The number of halogens is 5. The predicted octanol–water partition coefficient (Wildman–Crippen LogP) is 0.634. The first-order valence-electron chi connectivity index (χ1n) is 1.75. The van der Waals surface area contributed by atoms with Gasteiger partial charge in [-0.2, -0.15) is 0 Å². The fourth-order valence-electron chi connectivity index (χ4n) is 0.0990. The molecule has 62 valence electrons. The summed E-state index contributed by atoms with van der Waals surface area (Å²) in [7, 11) is 0. The van der Waals surface area contributed by atoms with Crippen molar-refractivity contribution in [3.8, 4) is 0 Å². The Morgan fingerprint density at radius 2 is 1.40 bits per heavy atom. The van der Waals surface area contributed by atoms with Crippen LogP contribution in [0.5, 0.6) is 0 Å². The van der Waals surface area contributed by atoms with Crippen molar-refractivity contribution < 1.29 is 30.0 Å². The standard InChI is InChI=1S/C2HF5O2Se/c3-1(4,5)2(6,7)10(8)9/h(H,8,9). The van der Waals surface area contributed by atoms with Crippen LogP contribution in [-0.4, -0.2) is 29.3 Å². The summed E-state index contributed by atoms with van der Waals surface area (Å²) in [6.07, 6.45) is -5.92. The Kier molecular flexibility index (Phi) is 2.50. The van der Waals surface area contributed by atoms with Crippen LogP contribution in [-0.2, 0) is 3.83 Å². The van der Waals surface area contributed by atoms with E-state index in [0.717, 1.165) is 0 Å². The Bertz CT molecular complexity index is 150. The normalized spacial score (nSPS) is 17.0. The Hall–Kier alpha value is -0.0705. The maximum absolute atomic E-state index is 11.4. The van der Waals surface area contributed by atoms with Crippen molar-refractivity contribution >= 4 is 14.2 Å². The van der Waals surface area contributed by atoms with Gasteiger partial charge in [-0.05, 0) is 0 Å². The molecule has 0 saturated heterocycles. The van der Waals surface area contributed by atoms with Crippen molar-refractivity contribution in [1.82, 2.24) is 0 Å². The third-order valence-electron chi connectivity index (χ3n) is 0.549. The second kappa shape index (κ2) is 2.52. The summed E-state index contributed by atoms with van der Waals surface area (Å²) in [4.78, 5) is -5.44. The second-order valence-electron chi connectivity index (χ2n) is 1.26. The molecule has 1 atom stereocenters. The van der Waals surface area contributed by atoms with Gasteiger partial charge in [0.05, 0.1) is 0 Å². The fraction of sp³-hybridized carbons (Fsp3) is 1.00. The topological polar surface area (TPSA) is 37.3 Å². The van der Waals surface area contributed by atoms with Crippen LogP contribution in [0.2, 0.25) is 0 Å². The van der Waals surface area contributed by atoms with Crippen molar-refractivity contribution in [2.45, 2.75) is 11.0 Å². The van der Waals surface area contributed by atoms with Gasteiger partial charge in [0, 0.05) is 0 Å². The third-order valence-corrected chi connectivity index (χ3v) is 1.96. The first kappa shape index (κ1) is 9.93. The van der Waals surface area contributed by atoms with Crippen LogP contribution in [0.25, 0.3) is 0 Å². The number of alkyl halides is 5. The molecule has 0 aromatic heterocycles. The summed E-state index contributed by atoms with van der Waals surface area (Å²) in [6, 6.07) is 0. The molecular weight excluding hydrogens is 230 g/mol. The first-order chi connectivity index (χ1) is 4.19. The summed E-state index contributed by atoms with van der Waals surface area (Å²) in [5.41, 5.74) is 0. The quantitative estimate of drug-likeness (QED) is 0.531. The van der Waals surface area contributed by atoms with Crippen molar-refractivity contribution in [3.05, 3.63) is 0 Å². The van der Waals surface area contributed by atoms with Crippen molar-refractivity contribution in [1.29, 1.82) is 0 Å². The van der Waals surface area contributed by atoms with Gasteiger partial charge in [0.25, 0.3) is 0 Å². The summed E-state index contributed by atoms with van der Waals surface area (Å²) >= 11 is -5.09. The van der Waals surface area contributed by atoms with E-state index >= 15 is 0 Å². The van der Waals surface area contributed by atoms with Crippen LogP contribution >= 0.6 is 0 Å². The van der Waals surface area contributed by atoms with E-state index in [9.17, 15) is 25.8 Å². The van der Waals surface area contributed by atoms with Gasteiger partial charge in [0.15, 0.2) is 0 Å². The molecule has 10 heavy (non-hydrogen) atoms. The molecule has 0 heterocycles. The van der Waals surface area contributed by atoms with E-state index < -0.39 is 25.2 Å². The van der Waals surface area contributed by atoms with E-state index in [4.69, 9.17) is 4.19 Å². The second-order valence-corrected chi connectivity index (χ2v) is 3.38. The molecule has 0 aliphatic heterocycles. The van der Waals surface area contributed by atoms with Crippen molar-refractivity contribution in [2.75, 3.05) is 0 Å². The number of hydrogen-bond acceptors (Lipinski definition) is 1. The average Bonchev–Trinajstić information content (AvgIpc) is 1.62. The molecule has 0 aliphatic rings. The molecular formula is C2HF5O2Se. The van der Waals surface area contributed by atoms with Gasteiger partial charge in [-0.1, -0.05) is 0 Å². The van der Waals surface area contributed by atoms with Gasteiger partial charge in [-0.3, -0.25) is 0 Å². The van der Waals surface area contributed by atoms with E-state index in [1.807, 2.05) is 0 Å². The molecule has 0 aromatic carbocycles. The van der Waals surface area contributed by atoms with Crippen LogP contribution in [0.15, 0.2) is 0 Å².